The highest BCUT2D eigenvalue weighted by molar-refractivity contribution is 6.06. The van der Waals surface area contributed by atoms with Crippen LogP contribution in [0.4, 0.5) is 0 Å². The molecule has 1 aromatic heterocycles. The standard InChI is InChI=1S/C16H20N2O2/c1-10-11(2)18-14-12(10)5-3-6-13(14)15(19)17-9-16(20)7-4-8-16/h3,5-6,18,20H,4,7-9H2,1-2H3,(H,17,19). The van der Waals surface area contributed by atoms with Gasteiger partial charge in [-0.1, -0.05) is 12.1 Å². The number of aromatic nitrogens is 1. The van der Waals surface area contributed by atoms with Crippen molar-refractivity contribution in [2.45, 2.75) is 38.7 Å². The van der Waals surface area contributed by atoms with Gasteiger partial charge in [0, 0.05) is 17.6 Å². The molecule has 4 heteroatoms. The zero-order valence-corrected chi connectivity index (χ0v) is 11.9. The number of hydrogen-bond donors (Lipinski definition) is 3. The number of aliphatic hydroxyl groups is 1. The molecule has 1 aliphatic carbocycles. The Labute approximate surface area is 118 Å². The second-order valence-corrected chi connectivity index (χ2v) is 5.86. The van der Waals surface area contributed by atoms with Crippen LogP contribution < -0.4 is 5.32 Å². The summed E-state index contributed by atoms with van der Waals surface area (Å²) in [5.74, 6) is -0.128. The number of hydrogen-bond acceptors (Lipinski definition) is 2. The van der Waals surface area contributed by atoms with Crippen LogP contribution in [0.25, 0.3) is 10.9 Å². The first-order valence-corrected chi connectivity index (χ1v) is 7.09. The van der Waals surface area contributed by atoms with Crippen molar-refractivity contribution in [2.24, 2.45) is 0 Å². The van der Waals surface area contributed by atoms with Crippen LogP contribution >= 0.6 is 0 Å². The van der Waals surface area contributed by atoms with Crippen molar-refractivity contribution in [3.05, 3.63) is 35.0 Å². The second kappa shape index (κ2) is 4.63. The number of rotatable bonds is 3. The molecular weight excluding hydrogens is 252 g/mol. The quantitative estimate of drug-likeness (QED) is 0.803. The van der Waals surface area contributed by atoms with E-state index in [0.717, 1.165) is 35.9 Å². The van der Waals surface area contributed by atoms with Crippen molar-refractivity contribution in [2.75, 3.05) is 6.54 Å². The predicted octanol–water partition coefficient (Wildman–Crippen LogP) is 2.43. The average Bonchev–Trinajstić information content (AvgIpc) is 2.69. The normalized spacial score (nSPS) is 16.9. The van der Waals surface area contributed by atoms with Crippen LogP contribution in [0.3, 0.4) is 0 Å². The van der Waals surface area contributed by atoms with Crippen LogP contribution in [0.1, 0.15) is 40.9 Å². The third-order valence-corrected chi connectivity index (χ3v) is 4.45. The van der Waals surface area contributed by atoms with Crippen molar-refractivity contribution in [1.82, 2.24) is 10.3 Å². The van der Waals surface area contributed by atoms with Gasteiger partial charge in [0.25, 0.3) is 5.91 Å². The minimum atomic E-state index is -0.689. The monoisotopic (exact) mass is 272 g/mol. The molecule has 106 valence electrons. The van der Waals surface area contributed by atoms with E-state index in [1.807, 2.05) is 32.0 Å². The Morgan fingerprint density at radius 3 is 2.80 bits per heavy atom. The molecule has 1 saturated carbocycles. The van der Waals surface area contributed by atoms with E-state index in [1.165, 1.54) is 5.56 Å². The number of aryl methyl sites for hydroxylation is 2. The largest absolute Gasteiger partial charge is 0.388 e. The SMILES string of the molecule is Cc1[nH]c2c(C(=O)NCC3(O)CCC3)cccc2c1C. The molecular formula is C16H20N2O2. The molecule has 20 heavy (non-hydrogen) atoms. The summed E-state index contributed by atoms with van der Waals surface area (Å²) in [5.41, 5.74) is 3.08. The molecule has 1 amide bonds. The number of H-pyrrole nitrogens is 1. The first-order chi connectivity index (χ1) is 9.50. The predicted molar refractivity (Wildman–Crippen MR) is 78.9 cm³/mol. The fourth-order valence-electron chi connectivity index (χ4n) is 2.77. The summed E-state index contributed by atoms with van der Waals surface area (Å²) in [6.45, 7) is 4.39. The van der Waals surface area contributed by atoms with Gasteiger partial charge in [0.1, 0.15) is 0 Å². The highest BCUT2D eigenvalue weighted by atomic mass is 16.3. The fourth-order valence-corrected chi connectivity index (χ4v) is 2.77. The van der Waals surface area contributed by atoms with Crippen LogP contribution in [0.5, 0.6) is 0 Å². The molecule has 0 atom stereocenters. The van der Waals surface area contributed by atoms with E-state index in [2.05, 4.69) is 10.3 Å². The first-order valence-electron chi connectivity index (χ1n) is 7.09. The highest BCUT2D eigenvalue weighted by Crippen LogP contribution is 2.31. The number of fused-ring (bicyclic) bond motifs is 1. The number of para-hydroxylation sites is 1. The molecule has 0 spiro atoms. The summed E-state index contributed by atoms with van der Waals surface area (Å²) in [4.78, 5) is 15.6. The Bertz CT molecular complexity index is 668. The maximum Gasteiger partial charge on any atom is 0.253 e. The lowest BCUT2D eigenvalue weighted by molar-refractivity contribution is -0.0300. The van der Waals surface area contributed by atoms with Gasteiger partial charge in [0.05, 0.1) is 16.7 Å². The zero-order chi connectivity index (χ0) is 14.3. The molecule has 0 aliphatic heterocycles. The van der Waals surface area contributed by atoms with E-state index in [1.54, 1.807) is 0 Å². The smallest absolute Gasteiger partial charge is 0.253 e. The van der Waals surface area contributed by atoms with Gasteiger partial charge < -0.3 is 15.4 Å². The third-order valence-electron chi connectivity index (χ3n) is 4.45. The number of carbonyl (C=O) groups excluding carboxylic acids is 1. The van der Waals surface area contributed by atoms with Crippen LogP contribution in [-0.2, 0) is 0 Å². The van der Waals surface area contributed by atoms with Gasteiger partial charge in [0.15, 0.2) is 0 Å². The van der Waals surface area contributed by atoms with E-state index in [0.29, 0.717) is 12.1 Å². The second-order valence-electron chi connectivity index (χ2n) is 5.86. The number of aromatic amines is 1. The van der Waals surface area contributed by atoms with E-state index in [-0.39, 0.29) is 5.91 Å². The molecule has 0 bridgehead atoms. The van der Waals surface area contributed by atoms with Crippen molar-refractivity contribution in [1.29, 1.82) is 0 Å². The van der Waals surface area contributed by atoms with E-state index in [9.17, 15) is 9.90 Å². The molecule has 1 heterocycles. The van der Waals surface area contributed by atoms with Crippen LogP contribution in [-0.4, -0.2) is 28.1 Å². The van der Waals surface area contributed by atoms with Crippen molar-refractivity contribution in [3.8, 4) is 0 Å². The van der Waals surface area contributed by atoms with Gasteiger partial charge in [-0.05, 0) is 44.7 Å². The van der Waals surface area contributed by atoms with Gasteiger partial charge in [-0.15, -0.1) is 0 Å². The molecule has 4 nitrogen and oxygen atoms in total. The van der Waals surface area contributed by atoms with Gasteiger partial charge in [-0.25, -0.2) is 0 Å². The summed E-state index contributed by atoms with van der Waals surface area (Å²) >= 11 is 0. The van der Waals surface area contributed by atoms with Crippen LogP contribution in [0.15, 0.2) is 18.2 Å². The summed E-state index contributed by atoms with van der Waals surface area (Å²) in [5, 5.41) is 14.0. The van der Waals surface area contributed by atoms with E-state index in [4.69, 9.17) is 0 Å². The minimum Gasteiger partial charge on any atom is -0.388 e. The summed E-state index contributed by atoms with van der Waals surface area (Å²) < 4.78 is 0. The van der Waals surface area contributed by atoms with Gasteiger partial charge in [0.2, 0.25) is 0 Å². The molecule has 1 aliphatic rings. The molecule has 3 N–H and O–H groups in total. The Balaban J connectivity index is 1.86. The third kappa shape index (κ3) is 2.10. The molecule has 0 saturated heterocycles. The lowest BCUT2D eigenvalue weighted by Crippen LogP contribution is -2.47. The Morgan fingerprint density at radius 1 is 1.40 bits per heavy atom. The Hall–Kier alpha value is -1.81. The summed E-state index contributed by atoms with van der Waals surface area (Å²) in [6, 6.07) is 5.73. The van der Waals surface area contributed by atoms with E-state index >= 15 is 0 Å². The van der Waals surface area contributed by atoms with Crippen LogP contribution in [0.2, 0.25) is 0 Å². The maximum atomic E-state index is 12.3. The first kappa shape index (κ1) is 13.2. The Morgan fingerprint density at radius 2 is 2.15 bits per heavy atom. The lowest BCUT2D eigenvalue weighted by atomic mass is 9.80. The number of amides is 1. The summed E-state index contributed by atoms with van der Waals surface area (Å²) in [7, 11) is 0. The fraction of sp³-hybridized carbons (Fsp3) is 0.438. The van der Waals surface area contributed by atoms with Crippen LogP contribution in [0, 0.1) is 13.8 Å². The maximum absolute atomic E-state index is 12.3. The highest BCUT2D eigenvalue weighted by Gasteiger charge is 2.34. The van der Waals surface area contributed by atoms with Gasteiger partial charge in [-0.3, -0.25) is 4.79 Å². The molecule has 2 aromatic rings. The lowest BCUT2D eigenvalue weighted by Gasteiger charge is -2.36. The molecule has 1 aromatic carbocycles. The molecule has 3 rings (SSSR count). The number of benzene rings is 1. The van der Waals surface area contributed by atoms with Crippen molar-refractivity contribution < 1.29 is 9.90 Å². The number of nitrogens with one attached hydrogen (secondary N) is 2. The van der Waals surface area contributed by atoms with E-state index < -0.39 is 5.60 Å². The summed E-state index contributed by atoms with van der Waals surface area (Å²) in [6.07, 6.45) is 2.59. The zero-order valence-electron chi connectivity index (χ0n) is 11.9. The number of carbonyl (C=O) groups is 1. The molecule has 0 unspecified atom stereocenters. The molecule has 1 fully saturated rings. The van der Waals surface area contributed by atoms with Gasteiger partial charge in [-0.2, -0.15) is 0 Å². The van der Waals surface area contributed by atoms with Gasteiger partial charge >= 0.3 is 0 Å². The van der Waals surface area contributed by atoms with Crippen molar-refractivity contribution in [3.63, 3.8) is 0 Å². The topological polar surface area (TPSA) is 65.1 Å². The molecule has 0 radical (unpaired) electrons. The van der Waals surface area contributed by atoms with Crippen molar-refractivity contribution >= 4 is 16.8 Å². The minimum absolute atomic E-state index is 0.128. The Kier molecular flexibility index (Phi) is 3.05. The average molecular weight is 272 g/mol.